The average molecular weight is 389 g/mol. The van der Waals surface area contributed by atoms with Gasteiger partial charge in [-0.3, -0.25) is 0 Å². The standard InChI is InChI=1S/C17H25ClN2O4S/c1-17(2,3)24-16(21)20-10-8-15(9-11-20)19-25(22,23)12-13-4-6-14(18)7-5-13/h4-7,15,19H,8-12H2,1-3H3. The predicted molar refractivity (Wildman–Crippen MR) is 98.0 cm³/mol. The molecule has 1 aromatic carbocycles. The van der Waals surface area contributed by atoms with Crippen molar-refractivity contribution in [3.05, 3.63) is 34.9 Å². The van der Waals surface area contributed by atoms with Crippen LogP contribution in [0.1, 0.15) is 39.2 Å². The number of nitrogens with zero attached hydrogens (tertiary/aromatic N) is 1. The van der Waals surface area contributed by atoms with E-state index in [-0.39, 0.29) is 17.9 Å². The Morgan fingerprint density at radius 2 is 1.80 bits per heavy atom. The fourth-order valence-electron chi connectivity index (χ4n) is 2.60. The molecule has 1 N–H and O–H groups in total. The van der Waals surface area contributed by atoms with Gasteiger partial charge in [0.15, 0.2) is 0 Å². The van der Waals surface area contributed by atoms with Crippen molar-refractivity contribution in [3.8, 4) is 0 Å². The molecule has 1 amide bonds. The van der Waals surface area contributed by atoms with Gasteiger partial charge in [0.05, 0.1) is 5.75 Å². The third kappa shape index (κ3) is 6.84. The third-order valence-corrected chi connectivity index (χ3v) is 5.42. The second kappa shape index (κ2) is 7.93. The molecule has 1 aliphatic rings. The van der Waals surface area contributed by atoms with E-state index in [1.165, 1.54) is 0 Å². The predicted octanol–water partition coefficient (Wildman–Crippen LogP) is 3.16. The van der Waals surface area contributed by atoms with Crippen LogP contribution in [0.4, 0.5) is 4.79 Å². The highest BCUT2D eigenvalue weighted by atomic mass is 35.5. The smallest absolute Gasteiger partial charge is 0.410 e. The Hall–Kier alpha value is -1.31. The van der Waals surface area contributed by atoms with E-state index in [0.29, 0.717) is 36.5 Å². The number of carbonyl (C=O) groups excluding carboxylic acids is 1. The lowest BCUT2D eigenvalue weighted by Crippen LogP contribution is -2.47. The molecule has 1 heterocycles. The summed E-state index contributed by atoms with van der Waals surface area (Å²) in [7, 11) is -3.44. The van der Waals surface area contributed by atoms with E-state index in [1.807, 2.05) is 20.8 Å². The van der Waals surface area contributed by atoms with E-state index in [4.69, 9.17) is 16.3 Å². The summed E-state index contributed by atoms with van der Waals surface area (Å²) in [5.74, 6) is -0.0869. The Morgan fingerprint density at radius 3 is 2.32 bits per heavy atom. The first-order chi connectivity index (χ1) is 11.5. The molecule has 1 aromatic rings. The monoisotopic (exact) mass is 388 g/mol. The van der Waals surface area contributed by atoms with Gasteiger partial charge in [0.25, 0.3) is 0 Å². The van der Waals surface area contributed by atoms with Gasteiger partial charge >= 0.3 is 6.09 Å². The zero-order valence-electron chi connectivity index (χ0n) is 14.8. The number of carbonyl (C=O) groups is 1. The Kier molecular flexibility index (Phi) is 6.35. The molecule has 0 aromatic heterocycles. The van der Waals surface area contributed by atoms with Crippen molar-refractivity contribution in [2.45, 2.75) is 51.0 Å². The SMILES string of the molecule is CC(C)(C)OC(=O)N1CCC(NS(=O)(=O)Cc2ccc(Cl)cc2)CC1. The summed E-state index contributed by atoms with van der Waals surface area (Å²) < 4.78 is 32.7. The van der Waals surface area contributed by atoms with Crippen LogP contribution in [-0.4, -0.2) is 44.1 Å². The van der Waals surface area contributed by atoms with Crippen molar-refractivity contribution in [1.82, 2.24) is 9.62 Å². The molecule has 0 radical (unpaired) electrons. The molecule has 0 spiro atoms. The third-order valence-electron chi connectivity index (χ3n) is 3.76. The molecule has 0 aliphatic carbocycles. The van der Waals surface area contributed by atoms with Crippen LogP contribution in [0.3, 0.4) is 0 Å². The number of nitrogens with one attached hydrogen (secondary N) is 1. The van der Waals surface area contributed by atoms with Gasteiger partial charge in [0, 0.05) is 24.2 Å². The van der Waals surface area contributed by atoms with Gasteiger partial charge < -0.3 is 9.64 Å². The maximum Gasteiger partial charge on any atom is 0.410 e. The van der Waals surface area contributed by atoms with Gasteiger partial charge in [-0.25, -0.2) is 17.9 Å². The minimum atomic E-state index is -3.44. The Balaban J connectivity index is 1.84. The molecule has 1 fully saturated rings. The van der Waals surface area contributed by atoms with E-state index in [9.17, 15) is 13.2 Å². The van der Waals surface area contributed by atoms with Crippen molar-refractivity contribution < 1.29 is 17.9 Å². The highest BCUT2D eigenvalue weighted by Crippen LogP contribution is 2.17. The highest BCUT2D eigenvalue weighted by molar-refractivity contribution is 7.88. The van der Waals surface area contributed by atoms with E-state index in [2.05, 4.69) is 4.72 Å². The van der Waals surface area contributed by atoms with Crippen molar-refractivity contribution in [1.29, 1.82) is 0 Å². The van der Waals surface area contributed by atoms with Crippen molar-refractivity contribution in [3.63, 3.8) is 0 Å². The maximum atomic E-state index is 12.3. The van der Waals surface area contributed by atoms with Crippen LogP contribution < -0.4 is 4.72 Å². The van der Waals surface area contributed by atoms with Gasteiger partial charge in [0.2, 0.25) is 10.0 Å². The summed E-state index contributed by atoms with van der Waals surface area (Å²) in [6.45, 7) is 6.42. The maximum absolute atomic E-state index is 12.3. The summed E-state index contributed by atoms with van der Waals surface area (Å²) in [5, 5.41) is 0.573. The molecule has 8 heteroatoms. The number of piperidine rings is 1. The average Bonchev–Trinajstić information content (AvgIpc) is 2.48. The summed E-state index contributed by atoms with van der Waals surface area (Å²) in [6, 6.07) is 6.58. The molecular formula is C17H25ClN2O4S. The van der Waals surface area contributed by atoms with E-state index in [0.717, 1.165) is 0 Å². The lowest BCUT2D eigenvalue weighted by molar-refractivity contribution is 0.0204. The normalized spacial score (nSPS) is 16.7. The molecule has 1 saturated heterocycles. The number of likely N-dealkylation sites (tertiary alicyclic amines) is 1. The number of amides is 1. The summed E-state index contributed by atoms with van der Waals surface area (Å²) >= 11 is 5.81. The van der Waals surface area contributed by atoms with Gasteiger partial charge in [0.1, 0.15) is 5.60 Å². The van der Waals surface area contributed by atoms with Gasteiger partial charge in [-0.1, -0.05) is 23.7 Å². The molecule has 25 heavy (non-hydrogen) atoms. The van der Waals surface area contributed by atoms with Crippen molar-refractivity contribution >= 4 is 27.7 Å². The largest absolute Gasteiger partial charge is 0.444 e. The Labute approximate surface area is 154 Å². The van der Waals surface area contributed by atoms with Gasteiger partial charge in [-0.2, -0.15) is 0 Å². The Morgan fingerprint density at radius 1 is 1.24 bits per heavy atom. The van der Waals surface area contributed by atoms with Crippen LogP contribution >= 0.6 is 11.6 Å². The van der Waals surface area contributed by atoms with Gasteiger partial charge in [-0.05, 0) is 51.3 Å². The summed E-state index contributed by atoms with van der Waals surface area (Å²) in [6.07, 6.45) is 0.785. The first-order valence-electron chi connectivity index (χ1n) is 8.26. The first kappa shape index (κ1) is 20.0. The van der Waals surface area contributed by atoms with Crippen LogP contribution in [0.5, 0.6) is 0 Å². The molecular weight excluding hydrogens is 364 g/mol. The van der Waals surface area contributed by atoms with Gasteiger partial charge in [-0.15, -0.1) is 0 Å². The number of rotatable bonds is 4. The second-order valence-corrected chi connectivity index (χ2v) is 9.44. The van der Waals surface area contributed by atoms with Crippen LogP contribution in [0.15, 0.2) is 24.3 Å². The number of sulfonamides is 1. The zero-order chi connectivity index (χ0) is 18.7. The second-order valence-electron chi connectivity index (χ2n) is 7.25. The Bertz CT molecular complexity index is 690. The lowest BCUT2D eigenvalue weighted by Gasteiger charge is -2.33. The lowest BCUT2D eigenvalue weighted by atomic mass is 10.1. The zero-order valence-corrected chi connectivity index (χ0v) is 16.4. The van der Waals surface area contributed by atoms with E-state index < -0.39 is 15.6 Å². The minimum Gasteiger partial charge on any atom is -0.444 e. The van der Waals surface area contributed by atoms with E-state index in [1.54, 1.807) is 29.2 Å². The summed E-state index contributed by atoms with van der Waals surface area (Å²) in [4.78, 5) is 13.6. The molecule has 0 atom stereocenters. The number of halogens is 1. The quantitative estimate of drug-likeness (QED) is 0.859. The van der Waals surface area contributed by atoms with Crippen LogP contribution in [-0.2, 0) is 20.5 Å². The first-order valence-corrected chi connectivity index (χ1v) is 10.3. The number of benzene rings is 1. The molecule has 1 aliphatic heterocycles. The molecule has 140 valence electrons. The van der Waals surface area contributed by atoms with Crippen LogP contribution in [0, 0.1) is 0 Å². The van der Waals surface area contributed by atoms with E-state index >= 15 is 0 Å². The molecule has 2 rings (SSSR count). The van der Waals surface area contributed by atoms with Crippen molar-refractivity contribution in [2.24, 2.45) is 0 Å². The number of ether oxygens (including phenoxy) is 1. The molecule has 0 bridgehead atoms. The minimum absolute atomic E-state index is 0.0869. The topological polar surface area (TPSA) is 75.7 Å². The van der Waals surface area contributed by atoms with Crippen molar-refractivity contribution in [2.75, 3.05) is 13.1 Å². The highest BCUT2D eigenvalue weighted by Gasteiger charge is 2.28. The summed E-state index contributed by atoms with van der Waals surface area (Å²) in [5.41, 5.74) is 0.150. The molecule has 6 nitrogen and oxygen atoms in total. The fourth-order valence-corrected chi connectivity index (χ4v) is 4.19. The number of hydrogen-bond donors (Lipinski definition) is 1. The fraction of sp³-hybridized carbons (Fsp3) is 0.588. The molecule has 0 saturated carbocycles. The molecule has 0 unspecified atom stereocenters. The van der Waals surface area contributed by atoms with Crippen LogP contribution in [0.2, 0.25) is 5.02 Å². The number of hydrogen-bond acceptors (Lipinski definition) is 4. The van der Waals surface area contributed by atoms with Crippen LogP contribution in [0.25, 0.3) is 0 Å².